The fourth-order valence-electron chi connectivity index (χ4n) is 3.89. The van der Waals surface area contributed by atoms with Crippen molar-refractivity contribution >= 4 is 40.7 Å². The standard InChI is InChI=1S/C23H23ClN6O3/c1-14(31)27-18-6-7-20(24)19(12-18)22(32)28-17-4-2-15(3-5-17)16-8-10-30(11-9-16)23(33)21-25-13-26-29-21/h2-7,12-13,16H,8-11H2,1H3,(H,27,31)(H,28,32)(H,25,26,29). The first-order valence-electron chi connectivity index (χ1n) is 10.5. The molecule has 10 heteroatoms. The quantitative estimate of drug-likeness (QED) is 0.529. The molecule has 0 spiro atoms. The Kier molecular flexibility index (Phi) is 6.69. The Morgan fingerprint density at radius 2 is 1.73 bits per heavy atom. The molecular weight excluding hydrogens is 444 g/mol. The van der Waals surface area contributed by atoms with Crippen molar-refractivity contribution in [3.8, 4) is 0 Å². The zero-order valence-corrected chi connectivity index (χ0v) is 18.7. The second-order valence-electron chi connectivity index (χ2n) is 7.85. The molecule has 0 bridgehead atoms. The lowest BCUT2D eigenvalue weighted by Crippen LogP contribution is -2.38. The maximum Gasteiger partial charge on any atom is 0.291 e. The number of aromatic amines is 1. The number of nitrogens with zero attached hydrogens (tertiary/aromatic N) is 3. The number of aromatic nitrogens is 3. The van der Waals surface area contributed by atoms with Gasteiger partial charge < -0.3 is 15.5 Å². The number of rotatable bonds is 5. The van der Waals surface area contributed by atoms with E-state index >= 15 is 0 Å². The van der Waals surface area contributed by atoms with Crippen LogP contribution in [0.25, 0.3) is 0 Å². The summed E-state index contributed by atoms with van der Waals surface area (Å²) < 4.78 is 0. The highest BCUT2D eigenvalue weighted by Crippen LogP contribution is 2.29. The fraction of sp³-hybridized carbons (Fsp3) is 0.261. The smallest absolute Gasteiger partial charge is 0.291 e. The molecule has 1 aliphatic rings. The normalized spacial score (nSPS) is 14.1. The minimum Gasteiger partial charge on any atom is -0.336 e. The first-order valence-corrected chi connectivity index (χ1v) is 10.9. The molecule has 9 nitrogen and oxygen atoms in total. The van der Waals surface area contributed by atoms with Gasteiger partial charge in [0.2, 0.25) is 11.7 Å². The summed E-state index contributed by atoms with van der Waals surface area (Å²) in [5, 5.41) is 12.1. The summed E-state index contributed by atoms with van der Waals surface area (Å²) in [6.07, 6.45) is 3.02. The number of anilines is 2. The second-order valence-corrected chi connectivity index (χ2v) is 8.26. The molecule has 1 fully saturated rings. The summed E-state index contributed by atoms with van der Waals surface area (Å²) in [5.41, 5.74) is 2.57. The molecule has 0 aliphatic carbocycles. The summed E-state index contributed by atoms with van der Waals surface area (Å²) in [6, 6.07) is 12.4. The lowest BCUT2D eigenvalue weighted by molar-refractivity contribution is -0.114. The van der Waals surface area contributed by atoms with Crippen LogP contribution in [0.1, 0.15) is 52.2 Å². The molecule has 1 aliphatic heterocycles. The van der Waals surface area contributed by atoms with Crippen LogP contribution in [0.2, 0.25) is 5.02 Å². The van der Waals surface area contributed by atoms with Crippen LogP contribution in [0.4, 0.5) is 11.4 Å². The molecule has 4 rings (SSSR count). The van der Waals surface area contributed by atoms with Crippen molar-refractivity contribution in [2.24, 2.45) is 0 Å². The Balaban J connectivity index is 1.36. The van der Waals surface area contributed by atoms with Crippen molar-refractivity contribution in [2.75, 3.05) is 23.7 Å². The molecule has 0 radical (unpaired) electrons. The van der Waals surface area contributed by atoms with Crippen molar-refractivity contribution in [3.63, 3.8) is 0 Å². The van der Waals surface area contributed by atoms with E-state index in [9.17, 15) is 14.4 Å². The van der Waals surface area contributed by atoms with E-state index in [0.29, 0.717) is 35.4 Å². The summed E-state index contributed by atoms with van der Waals surface area (Å²) in [7, 11) is 0. The van der Waals surface area contributed by atoms with Crippen LogP contribution < -0.4 is 10.6 Å². The number of carbonyl (C=O) groups excluding carboxylic acids is 3. The van der Waals surface area contributed by atoms with E-state index in [2.05, 4.69) is 25.8 Å². The second kappa shape index (κ2) is 9.83. The Morgan fingerprint density at radius 1 is 1.03 bits per heavy atom. The highest BCUT2D eigenvalue weighted by molar-refractivity contribution is 6.34. The highest BCUT2D eigenvalue weighted by Gasteiger charge is 2.26. The Labute approximate surface area is 195 Å². The number of likely N-dealkylation sites (tertiary alicyclic amines) is 1. The summed E-state index contributed by atoms with van der Waals surface area (Å²) >= 11 is 6.18. The molecular formula is C23H23ClN6O3. The zero-order valence-electron chi connectivity index (χ0n) is 18.0. The first kappa shape index (κ1) is 22.5. The third kappa shape index (κ3) is 5.38. The average Bonchev–Trinajstić information content (AvgIpc) is 3.35. The molecule has 1 aromatic heterocycles. The van der Waals surface area contributed by atoms with Crippen LogP contribution in [0, 0.1) is 0 Å². The van der Waals surface area contributed by atoms with E-state index in [4.69, 9.17) is 11.6 Å². The highest BCUT2D eigenvalue weighted by atomic mass is 35.5. The van der Waals surface area contributed by atoms with Crippen LogP contribution in [-0.4, -0.2) is 50.9 Å². The van der Waals surface area contributed by atoms with Crippen molar-refractivity contribution in [3.05, 3.63) is 70.8 Å². The lowest BCUT2D eigenvalue weighted by atomic mass is 9.89. The predicted molar refractivity (Wildman–Crippen MR) is 124 cm³/mol. The van der Waals surface area contributed by atoms with Crippen LogP contribution in [0.5, 0.6) is 0 Å². The summed E-state index contributed by atoms with van der Waals surface area (Å²) in [4.78, 5) is 42.1. The zero-order chi connectivity index (χ0) is 23.4. The number of carbonyl (C=O) groups is 3. The van der Waals surface area contributed by atoms with Crippen LogP contribution in [0.3, 0.4) is 0 Å². The third-order valence-corrected chi connectivity index (χ3v) is 5.90. The Hall–Kier alpha value is -3.72. The largest absolute Gasteiger partial charge is 0.336 e. The van der Waals surface area contributed by atoms with Crippen molar-refractivity contribution in [1.82, 2.24) is 20.1 Å². The Morgan fingerprint density at radius 3 is 2.36 bits per heavy atom. The monoisotopic (exact) mass is 466 g/mol. The van der Waals surface area contributed by atoms with Crippen molar-refractivity contribution in [1.29, 1.82) is 0 Å². The number of hydrogen-bond donors (Lipinski definition) is 3. The molecule has 3 N–H and O–H groups in total. The molecule has 0 saturated carbocycles. The topological polar surface area (TPSA) is 120 Å². The van der Waals surface area contributed by atoms with Crippen LogP contribution in [0.15, 0.2) is 48.8 Å². The minimum absolute atomic E-state index is 0.134. The number of amides is 3. The molecule has 3 amide bonds. The van der Waals surface area contributed by atoms with E-state index in [1.807, 2.05) is 24.3 Å². The molecule has 0 unspecified atom stereocenters. The number of halogens is 1. The number of piperidine rings is 1. The third-order valence-electron chi connectivity index (χ3n) is 5.57. The molecule has 170 valence electrons. The van der Waals surface area contributed by atoms with Gasteiger partial charge in [0.05, 0.1) is 10.6 Å². The lowest BCUT2D eigenvalue weighted by Gasteiger charge is -2.31. The number of H-pyrrole nitrogens is 1. The van der Waals surface area contributed by atoms with E-state index in [1.54, 1.807) is 23.1 Å². The SMILES string of the molecule is CC(=O)Nc1ccc(Cl)c(C(=O)Nc2ccc(C3CCN(C(=O)c4ncn[nH]4)CC3)cc2)c1. The van der Waals surface area contributed by atoms with Crippen LogP contribution >= 0.6 is 11.6 Å². The van der Waals surface area contributed by atoms with Gasteiger partial charge in [-0.05, 0) is 54.7 Å². The molecule has 33 heavy (non-hydrogen) atoms. The van der Waals surface area contributed by atoms with Gasteiger partial charge in [0.25, 0.3) is 11.8 Å². The summed E-state index contributed by atoms with van der Waals surface area (Å²) in [6.45, 7) is 2.69. The van der Waals surface area contributed by atoms with Gasteiger partial charge in [-0.25, -0.2) is 4.98 Å². The number of benzene rings is 2. The summed E-state index contributed by atoms with van der Waals surface area (Å²) in [5.74, 6) is -0.134. The van der Waals surface area contributed by atoms with Gasteiger partial charge in [-0.15, -0.1) is 0 Å². The van der Waals surface area contributed by atoms with Gasteiger partial charge in [-0.2, -0.15) is 5.10 Å². The van der Waals surface area contributed by atoms with Gasteiger partial charge in [0, 0.05) is 31.4 Å². The van der Waals surface area contributed by atoms with Gasteiger partial charge in [0.1, 0.15) is 6.33 Å². The van der Waals surface area contributed by atoms with E-state index in [-0.39, 0.29) is 29.1 Å². The molecule has 2 heterocycles. The molecule has 0 atom stereocenters. The molecule has 2 aromatic carbocycles. The number of hydrogen-bond acceptors (Lipinski definition) is 5. The maximum absolute atomic E-state index is 12.7. The van der Waals surface area contributed by atoms with Crippen molar-refractivity contribution < 1.29 is 14.4 Å². The van der Waals surface area contributed by atoms with Gasteiger partial charge >= 0.3 is 0 Å². The fourth-order valence-corrected chi connectivity index (χ4v) is 4.09. The van der Waals surface area contributed by atoms with Crippen molar-refractivity contribution in [2.45, 2.75) is 25.7 Å². The average molecular weight is 467 g/mol. The molecule has 1 saturated heterocycles. The van der Waals surface area contributed by atoms with Gasteiger partial charge in [-0.1, -0.05) is 23.7 Å². The van der Waals surface area contributed by atoms with Gasteiger partial charge in [0.15, 0.2) is 0 Å². The molecule has 3 aromatic rings. The minimum atomic E-state index is -0.362. The van der Waals surface area contributed by atoms with Crippen LogP contribution in [-0.2, 0) is 4.79 Å². The Bertz CT molecular complexity index is 1160. The van der Waals surface area contributed by atoms with E-state index < -0.39 is 0 Å². The predicted octanol–water partition coefficient (Wildman–Crippen LogP) is 3.69. The maximum atomic E-state index is 12.7. The first-order chi connectivity index (χ1) is 15.9. The van der Waals surface area contributed by atoms with Gasteiger partial charge in [-0.3, -0.25) is 19.5 Å². The van der Waals surface area contributed by atoms with E-state index in [0.717, 1.165) is 18.4 Å². The number of nitrogens with one attached hydrogen (secondary N) is 3. The van der Waals surface area contributed by atoms with E-state index in [1.165, 1.54) is 13.3 Å².